The highest BCUT2D eigenvalue weighted by atomic mass is 16.7. The molecule has 96 valence electrons. The van der Waals surface area contributed by atoms with Gasteiger partial charge in [-0.05, 0) is 13.0 Å². The molecule has 1 rings (SSSR count). The lowest BCUT2D eigenvalue weighted by Gasteiger charge is -2.39. The highest BCUT2D eigenvalue weighted by Gasteiger charge is 2.44. The Kier molecular flexibility index (Phi) is 5.56. The normalized spacial score (nSPS) is 39.9. The molecule has 0 radical (unpaired) electrons. The van der Waals surface area contributed by atoms with Crippen molar-refractivity contribution in [3.8, 4) is 0 Å². The average Bonchev–Trinajstić information content (AvgIpc) is 2.28. The molecule has 0 saturated carbocycles. The first-order chi connectivity index (χ1) is 7.61. The van der Waals surface area contributed by atoms with Crippen LogP contribution in [0.3, 0.4) is 0 Å². The molecule has 5 atom stereocenters. The van der Waals surface area contributed by atoms with Gasteiger partial charge >= 0.3 is 0 Å². The molecule has 0 unspecified atom stereocenters. The maximum absolute atomic E-state index is 9.65. The van der Waals surface area contributed by atoms with Crippen LogP contribution in [0.25, 0.3) is 0 Å². The first-order valence-electron chi connectivity index (χ1n) is 5.24. The minimum absolute atomic E-state index is 0.259. The zero-order valence-corrected chi connectivity index (χ0v) is 8.90. The molecule has 6 N–H and O–H groups in total. The highest BCUT2D eigenvalue weighted by molar-refractivity contribution is 4.89. The minimum atomic E-state index is -1.37. The Morgan fingerprint density at radius 3 is 2.44 bits per heavy atom. The van der Waals surface area contributed by atoms with Gasteiger partial charge in [-0.25, -0.2) is 0 Å². The number of rotatable bonds is 5. The summed E-state index contributed by atoms with van der Waals surface area (Å²) in [6, 6.07) is 0. The monoisotopic (exact) mass is 237 g/mol. The van der Waals surface area contributed by atoms with E-state index in [4.69, 9.17) is 20.3 Å². The summed E-state index contributed by atoms with van der Waals surface area (Å²) in [5, 5.41) is 37.5. The topological polar surface area (TPSA) is 125 Å². The zero-order valence-electron chi connectivity index (χ0n) is 8.90. The lowest BCUT2D eigenvalue weighted by atomic mass is 9.99. The lowest BCUT2D eigenvalue weighted by Crippen LogP contribution is -2.59. The Hall–Kier alpha value is -0.280. The van der Waals surface area contributed by atoms with Crippen LogP contribution in [0.4, 0.5) is 0 Å². The first kappa shape index (κ1) is 13.8. The van der Waals surface area contributed by atoms with Gasteiger partial charge in [0.1, 0.15) is 24.4 Å². The number of aliphatic hydroxyl groups is 4. The Labute approximate surface area is 93.4 Å². The summed E-state index contributed by atoms with van der Waals surface area (Å²) in [5.41, 5.74) is 5.27. The first-order valence-corrected chi connectivity index (χ1v) is 5.24. The summed E-state index contributed by atoms with van der Waals surface area (Å²) in [6.45, 7) is 0.210. The van der Waals surface area contributed by atoms with E-state index >= 15 is 0 Å². The Morgan fingerprint density at radius 1 is 1.19 bits per heavy atom. The summed E-state index contributed by atoms with van der Waals surface area (Å²) in [6.07, 6.45) is -5.39. The van der Waals surface area contributed by atoms with Crippen molar-refractivity contribution in [1.29, 1.82) is 0 Å². The van der Waals surface area contributed by atoms with E-state index in [1.165, 1.54) is 0 Å². The van der Waals surface area contributed by atoms with Crippen LogP contribution in [0.1, 0.15) is 6.42 Å². The van der Waals surface area contributed by atoms with Gasteiger partial charge in [-0.15, -0.1) is 0 Å². The summed E-state index contributed by atoms with van der Waals surface area (Å²) >= 11 is 0. The third-order valence-electron chi connectivity index (χ3n) is 2.50. The molecular formula is C9H19NO6. The van der Waals surface area contributed by atoms with Crippen LogP contribution in [0, 0.1) is 0 Å². The summed E-state index contributed by atoms with van der Waals surface area (Å²) in [4.78, 5) is 0. The van der Waals surface area contributed by atoms with Crippen LogP contribution in [-0.2, 0) is 9.47 Å². The van der Waals surface area contributed by atoms with E-state index in [1.54, 1.807) is 0 Å². The molecule has 16 heavy (non-hydrogen) atoms. The van der Waals surface area contributed by atoms with Gasteiger partial charge in [0.25, 0.3) is 0 Å². The molecule has 1 aliphatic heterocycles. The van der Waals surface area contributed by atoms with E-state index in [-0.39, 0.29) is 6.61 Å². The average molecular weight is 237 g/mol. The number of hydrogen-bond acceptors (Lipinski definition) is 7. The molecule has 0 aromatic heterocycles. The molecule has 1 fully saturated rings. The van der Waals surface area contributed by atoms with Gasteiger partial charge in [-0.2, -0.15) is 0 Å². The van der Waals surface area contributed by atoms with Crippen molar-refractivity contribution in [2.45, 2.75) is 37.1 Å². The number of hydrogen-bond donors (Lipinski definition) is 5. The van der Waals surface area contributed by atoms with Crippen LogP contribution in [0.5, 0.6) is 0 Å². The third-order valence-corrected chi connectivity index (χ3v) is 2.50. The smallest absolute Gasteiger partial charge is 0.184 e. The molecular weight excluding hydrogens is 218 g/mol. The number of nitrogens with two attached hydrogens (primary N) is 1. The molecule has 0 bridgehead atoms. The Morgan fingerprint density at radius 2 is 1.88 bits per heavy atom. The van der Waals surface area contributed by atoms with Crippen molar-refractivity contribution in [3.05, 3.63) is 0 Å². The second kappa shape index (κ2) is 6.45. The molecule has 1 heterocycles. The fraction of sp³-hybridized carbons (Fsp3) is 1.00. The molecule has 0 aromatic rings. The summed E-state index contributed by atoms with van der Waals surface area (Å²) < 4.78 is 10.1. The van der Waals surface area contributed by atoms with Crippen LogP contribution < -0.4 is 5.73 Å². The Balaban J connectivity index is 2.50. The highest BCUT2D eigenvalue weighted by Crippen LogP contribution is 2.22. The van der Waals surface area contributed by atoms with Crippen LogP contribution in [-0.4, -0.2) is 70.9 Å². The Bertz CT molecular complexity index is 204. The van der Waals surface area contributed by atoms with Crippen molar-refractivity contribution in [2.24, 2.45) is 5.73 Å². The van der Waals surface area contributed by atoms with E-state index in [1.807, 2.05) is 0 Å². The van der Waals surface area contributed by atoms with Crippen molar-refractivity contribution in [2.75, 3.05) is 19.8 Å². The quantitative estimate of drug-likeness (QED) is 0.326. The van der Waals surface area contributed by atoms with Gasteiger partial charge < -0.3 is 35.6 Å². The second-order valence-corrected chi connectivity index (χ2v) is 3.71. The van der Waals surface area contributed by atoms with Gasteiger partial charge in [0.05, 0.1) is 6.61 Å². The largest absolute Gasteiger partial charge is 0.394 e. The third kappa shape index (κ3) is 3.11. The number of aliphatic hydroxyl groups excluding tert-OH is 4. The predicted molar refractivity (Wildman–Crippen MR) is 53.4 cm³/mol. The van der Waals surface area contributed by atoms with Crippen molar-refractivity contribution in [3.63, 3.8) is 0 Å². The lowest BCUT2D eigenvalue weighted by molar-refractivity contribution is -0.296. The van der Waals surface area contributed by atoms with Crippen LogP contribution in [0.2, 0.25) is 0 Å². The van der Waals surface area contributed by atoms with Crippen molar-refractivity contribution >= 4 is 0 Å². The molecule has 0 aromatic carbocycles. The van der Waals surface area contributed by atoms with Gasteiger partial charge in [-0.1, -0.05) is 0 Å². The molecule has 0 spiro atoms. The van der Waals surface area contributed by atoms with E-state index in [9.17, 15) is 15.3 Å². The molecule has 0 amide bonds. The molecule has 0 aliphatic carbocycles. The summed E-state index contributed by atoms with van der Waals surface area (Å²) in [5.74, 6) is 0. The maximum Gasteiger partial charge on any atom is 0.184 e. The predicted octanol–water partition coefficient (Wildman–Crippen LogP) is -2.85. The molecule has 1 saturated heterocycles. The fourth-order valence-electron chi connectivity index (χ4n) is 1.55. The molecule has 7 nitrogen and oxygen atoms in total. The van der Waals surface area contributed by atoms with E-state index < -0.39 is 37.3 Å². The zero-order chi connectivity index (χ0) is 12.1. The second-order valence-electron chi connectivity index (χ2n) is 3.71. The van der Waals surface area contributed by atoms with E-state index in [2.05, 4.69) is 0 Å². The van der Waals surface area contributed by atoms with E-state index in [0.717, 1.165) is 0 Å². The van der Waals surface area contributed by atoms with Crippen molar-refractivity contribution < 1.29 is 29.9 Å². The fourth-order valence-corrected chi connectivity index (χ4v) is 1.55. The molecule has 1 aliphatic rings. The maximum atomic E-state index is 9.65. The van der Waals surface area contributed by atoms with Gasteiger partial charge in [-0.3, -0.25) is 0 Å². The van der Waals surface area contributed by atoms with Crippen LogP contribution >= 0.6 is 0 Å². The SMILES string of the molecule is NCCCO[C@H]1[C@@H](O)[C@H](O)[C@@H](CO)O[C@H]1O. The van der Waals surface area contributed by atoms with Gasteiger partial charge in [0, 0.05) is 6.61 Å². The summed E-state index contributed by atoms with van der Waals surface area (Å²) in [7, 11) is 0. The minimum Gasteiger partial charge on any atom is -0.394 e. The van der Waals surface area contributed by atoms with Crippen molar-refractivity contribution in [1.82, 2.24) is 0 Å². The van der Waals surface area contributed by atoms with Gasteiger partial charge in [0.15, 0.2) is 6.29 Å². The standard InChI is InChI=1S/C9H19NO6/c10-2-1-3-15-8-7(13)6(12)5(4-11)16-9(8)14/h5-9,11-14H,1-4,10H2/t5-,6-,7+,8+,9-/m1/s1. The number of ether oxygens (including phenoxy) is 2. The van der Waals surface area contributed by atoms with Gasteiger partial charge in [0.2, 0.25) is 0 Å². The molecule has 7 heteroatoms. The van der Waals surface area contributed by atoms with E-state index in [0.29, 0.717) is 13.0 Å². The van der Waals surface area contributed by atoms with Crippen LogP contribution in [0.15, 0.2) is 0 Å².